The summed E-state index contributed by atoms with van der Waals surface area (Å²) in [5.74, 6) is 0. The maximum atomic E-state index is 5.91. The van der Waals surface area contributed by atoms with Gasteiger partial charge < -0.3 is 9.47 Å². The van der Waals surface area contributed by atoms with E-state index in [2.05, 4.69) is 59.0 Å². The number of hydrogen-bond acceptors (Lipinski definition) is 2. The molecule has 0 amide bonds. The van der Waals surface area contributed by atoms with E-state index in [1.807, 2.05) is 0 Å². The molecule has 0 saturated heterocycles. The number of rotatable bonds is 11. The Labute approximate surface area is 128 Å². The van der Waals surface area contributed by atoms with Crippen LogP contribution in [0.25, 0.3) is 0 Å². The molecule has 16 heavy (non-hydrogen) atoms. The van der Waals surface area contributed by atoms with Crippen LogP contribution < -0.4 is 0 Å². The highest BCUT2D eigenvalue weighted by Crippen LogP contribution is 2.16. The van der Waals surface area contributed by atoms with Crippen molar-refractivity contribution in [2.45, 2.75) is 51.7 Å². The zero-order valence-electron chi connectivity index (χ0n) is 10.4. The molecule has 0 rings (SSSR count). The number of ether oxygens (including phenoxy) is 2. The van der Waals surface area contributed by atoms with E-state index in [1.165, 1.54) is 12.8 Å². The van der Waals surface area contributed by atoms with E-state index in [9.17, 15) is 0 Å². The summed E-state index contributed by atoms with van der Waals surface area (Å²) in [5, 5.41) is 0. The summed E-state index contributed by atoms with van der Waals surface area (Å²) in [6, 6.07) is 0. The molecule has 0 spiro atoms. The molecule has 0 fully saturated rings. The molecule has 0 aromatic heterocycles. The lowest BCUT2D eigenvalue weighted by atomic mass is 10.0. The first-order chi connectivity index (χ1) is 7.79. The minimum absolute atomic E-state index is 0.294. The highest BCUT2D eigenvalue weighted by atomic mass is 127. The molecule has 4 heteroatoms. The minimum Gasteiger partial charge on any atom is -0.375 e. The monoisotopic (exact) mass is 454 g/mol. The first-order valence-corrected chi connectivity index (χ1v) is 9.20. The summed E-state index contributed by atoms with van der Waals surface area (Å²) in [7, 11) is 0. The molecule has 2 atom stereocenters. The number of hydrogen-bond donors (Lipinski definition) is 0. The zero-order chi connectivity index (χ0) is 12.2. The van der Waals surface area contributed by atoms with E-state index < -0.39 is 0 Å². The fourth-order valence-electron chi connectivity index (χ4n) is 1.71. The largest absolute Gasteiger partial charge is 0.375 e. The second kappa shape index (κ2) is 12.8. The normalized spacial score (nSPS) is 15.0. The molecule has 2 nitrogen and oxygen atoms in total. The summed E-state index contributed by atoms with van der Waals surface area (Å²) in [4.78, 5) is 0. The molecule has 0 N–H and O–H groups in total. The van der Waals surface area contributed by atoms with Crippen LogP contribution in [0, 0.1) is 0 Å². The quantitative estimate of drug-likeness (QED) is 0.344. The van der Waals surface area contributed by atoms with Crippen LogP contribution in [0.5, 0.6) is 0 Å². The smallest absolute Gasteiger partial charge is 0.0836 e. The van der Waals surface area contributed by atoms with Gasteiger partial charge in [0.25, 0.3) is 0 Å². The Bertz CT molecular complexity index is 129. The lowest BCUT2D eigenvalue weighted by molar-refractivity contribution is -0.0714. The summed E-state index contributed by atoms with van der Waals surface area (Å²) < 4.78 is 13.9. The summed E-state index contributed by atoms with van der Waals surface area (Å²) in [5.41, 5.74) is 0. The van der Waals surface area contributed by atoms with Crippen molar-refractivity contribution in [3.05, 3.63) is 0 Å². The van der Waals surface area contributed by atoms with Gasteiger partial charge in [0.15, 0.2) is 0 Å². The third-order valence-corrected chi connectivity index (χ3v) is 3.26. The third kappa shape index (κ3) is 8.47. The van der Waals surface area contributed by atoms with Gasteiger partial charge in [-0.2, -0.15) is 0 Å². The molecular weight excluding hydrogens is 430 g/mol. The van der Waals surface area contributed by atoms with Crippen molar-refractivity contribution in [3.8, 4) is 0 Å². The van der Waals surface area contributed by atoms with Crippen molar-refractivity contribution in [2.24, 2.45) is 0 Å². The van der Waals surface area contributed by atoms with E-state index in [-0.39, 0.29) is 0 Å². The van der Waals surface area contributed by atoms with Gasteiger partial charge in [0, 0.05) is 8.86 Å². The third-order valence-electron chi connectivity index (χ3n) is 2.38. The maximum absolute atomic E-state index is 5.91. The Morgan fingerprint density at radius 3 is 1.44 bits per heavy atom. The van der Waals surface area contributed by atoms with Crippen LogP contribution in [-0.4, -0.2) is 34.3 Å². The zero-order valence-corrected chi connectivity index (χ0v) is 14.7. The van der Waals surface area contributed by atoms with E-state index in [4.69, 9.17) is 9.47 Å². The molecule has 0 aromatic carbocycles. The lowest BCUT2D eigenvalue weighted by Gasteiger charge is -2.27. The molecule has 0 heterocycles. The summed E-state index contributed by atoms with van der Waals surface area (Å²) in [6.45, 7) is 6.11. The van der Waals surface area contributed by atoms with Gasteiger partial charge in [-0.3, -0.25) is 0 Å². The molecule has 0 aliphatic rings. The van der Waals surface area contributed by atoms with Crippen LogP contribution in [-0.2, 0) is 9.47 Å². The van der Waals surface area contributed by atoms with Gasteiger partial charge in [0.2, 0.25) is 0 Å². The maximum Gasteiger partial charge on any atom is 0.0836 e. The Morgan fingerprint density at radius 1 is 0.812 bits per heavy atom. The van der Waals surface area contributed by atoms with Gasteiger partial charge in [-0.15, -0.1) is 0 Å². The van der Waals surface area contributed by atoms with Crippen molar-refractivity contribution in [1.82, 2.24) is 0 Å². The molecule has 0 radical (unpaired) electrons. The standard InChI is InChI=1S/C12H24I2O2/c1-3-5-11(15-9-7-13)12(6-4-2)16-10-8-14/h11-12H,3-10H2,1-2H3. The van der Waals surface area contributed by atoms with Crippen molar-refractivity contribution in [2.75, 3.05) is 22.1 Å². The van der Waals surface area contributed by atoms with Gasteiger partial charge in [-0.1, -0.05) is 71.9 Å². The Hall–Kier alpha value is 1.38. The van der Waals surface area contributed by atoms with Crippen LogP contribution in [0.3, 0.4) is 0 Å². The SMILES string of the molecule is CCCC(OCCI)C(CCC)OCCI. The summed E-state index contributed by atoms with van der Waals surface area (Å²) >= 11 is 4.71. The average Bonchev–Trinajstić information content (AvgIpc) is 2.30. The van der Waals surface area contributed by atoms with Crippen LogP contribution in [0.15, 0.2) is 0 Å². The van der Waals surface area contributed by atoms with Crippen LogP contribution in [0.2, 0.25) is 0 Å². The number of halogens is 2. The average molecular weight is 454 g/mol. The molecule has 0 aliphatic heterocycles. The fraction of sp³-hybridized carbons (Fsp3) is 1.00. The Morgan fingerprint density at radius 2 is 1.19 bits per heavy atom. The Balaban J connectivity index is 4.14. The first-order valence-electron chi connectivity index (χ1n) is 6.15. The van der Waals surface area contributed by atoms with E-state index >= 15 is 0 Å². The predicted octanol–water partition coefficient (Wildman–Crippen LogP) is 4.23. The van der Waals surface area contributed by atoms with Crippen LogP contribution in [0.4, 0.5) is 0 Å². The molecule has 2 unspecified atom stereocenters. The molecule has 0 bridgehead atoms. The fourth-order valence-corrected chi connectivity index (χ4v) is 2.22. The van der Waals surface area contributed by atoms with Crippen LogP contribution >= 0.6 is 45.2 Å². The number of alkyl halides is 2. The first kappa shape index (κ1) is 17.4. The van der Waals surface area contributed by atoms with Crippen LogP contribution in [0.1, 0.15) is 39.5 Å². The van der Waals surface area contributed by atoms with Gasteiger partial charge in [0.05, 0.1) is 25.4 Å². The molecular formula is C12H24I2O2. The second-order valence-corrected chi connectivity index (χ2v) is 5.93. The van der Waals surface area contributed by atoms with E-state index in [1.54, 1.807) is 0 Å². The van der Waals surface area contributed by atoms with Gasteiger partial charge in [-0.05, 0) is 12.8 Å². The molecule has 0 aliphatic carbocycles. The van der Waals surface area contributed by atoms with Crippen molar-refractivity contribution >= 4 is 45.2 Å². The summed E-state index contributed by atoms with van der Waals surface area (Å²) in [6.07, 6.45) is 5.15. The minimum atomic E-state index is 0.294. The molecule has 98 valence electrons. The predicted molar refractivity (Wildman–Crippen MR) is 87.1 cm³/mol. The topological polar surface area (TPSA) is 18.5 Å². The van der Waals surface area contributed by atoms with E-state index in [0.29, 0.717) is 12.2 Å². The highest BCUT2D eigenvalue weighted by molar-refractivity contribution is 14.1. The highest BCUT2D eigenvalue weighted by Gasteiger charge is 2.21. The molecule has 0 saturated carbocycles. The van der Waals surface area contributed by atoms with Crippen molar-refractivity contribution in [3.63, 3.8) is 0 Å². The van der Waals surface area contributed by atoms with Crippen molar-refractivity contribution < 1.29 is 9.47 Å². The Kier molecular flexibility index (Phi) is 13.9. The second-order valence-electron chi connectivity index (χ2n) is 3.77. The van der Waals surface area contributed by atoms with Crippen molar-refractivity contribution in [1.29, 1.82) is 0 Å². The van der Waals surface area contributed by atoms with Gasteiger partial charge >= 0.3 is 0 Å². The lowest BCUT2D eigenvalue weighted by Crippen LogP contribution is -2.32. The molecule has 0 aromatic rings. The van der Waals surface area contributed by atoms with Gasteiger partial charge in [0.1, 0.15) is 0 Å². The van der Waals surface area contributed by atoms with E-state index in [0.717, 1.165) is 34.9 Å². The van der Waals surface area contributed by atoms with Gasteiger partial charge in [-0.25, -0.2) is 0 Å².